The van der Waals surface area contributed by atoms with Crippen molar-refractivity contribution in [3.05, 3.63) is 34.9 Å². The largest absolute Gasteiger partial charge is 0.342 e. The number of benzene rings is 1. The summed E-state index contributed by atoms with van der Waals surface area (Å²) in [6, 6.07) is 8.05. The standard InChI is InChI=1S/C19H27ClN2O.ClH/c1-14(21)15-5-4-12-22(13-15)18(23)19(10-2-3-11-19)16-6-8-17(20)9-7-16;/h6-9,14-15H,2-5,10-13,21H2,1H3;1H. The highest BCUT2D eigenvalue weighted by Crippen LogP contribution is 2.43. The molecule has 1 amide bonds. The Labute approximate surface area is 156 Å². The fourth-order valence-corrected chi connectivity index (χ4v) is 4.43. The predicted octanol–water partition coefficient (Wildman–Crippen LogP) is 4.16. The number of halogens is 2. The first-order valence-electron chi connectivity index (χ1n) is 8.84. The molecule has 2 atom stereocenters. The zero-order chi connectivity index (χ0) is 16.4. The molecule has 2 fully saturated rings. The van der Waals surface area contributed by atoms with Crippen LogP contribution in [0.15, 0.2) is 24.3 Å². The fraction of sp³-hybridized carbons (Fsp3) is 0.632. The molecular formula is C19H28Cl2N2O. The van der Waals surface area contributed by atoms with Crippen LogP contribution in [0.3, 0.4) is 0 Å². The van der Waals surface area contributed by atoms with Crippen molar-refractivity contribution in [2.75, 3.05) is 13.1 Å². The number of nitrogens with two attached hydrogens (primary N) is 1. The van der Waals surface area contributed by atoms with Gasteiger partial charge in [-0.05, 0) is 56.2 Å². The third-order valence-electron chi connectivity index (χ3n) is 5.75. The minimum Gasteiger partial charge on any atom is -0.342 e. The van der Waals surface area contributed by atoms with Gasteiger partial charge in [0.15, 0.2) is 0 Å². The zero-order valence-corrected chi connectivity index (χ0v) is 15.9. The average Bonchev–Trinajstić information content (AvgIpc) is 3.06. The van der Waals surface area contributed by atoms with Crippen LogP contribution in [-0.2, 0) is 10.2 Å². The Morgan fingerprint density at radius 1 is 1.25 bits per heavy atom. The minimum atomic E-state index is -0.343. The third kappa shape index (κ3) is 3.74. The summed E-state index contributed by atoms with van der Waals surface area (Å²) in [5.74, 6) is 0.735. The van der Waals surface area contributed by atoms with Gasteiger partial charge in [0.05, 0.1) is 5.41 Å². The first kappa shape index (κ1) is 19.6. The van der Waals surface area contributed by atoms with E-state index in [-0.39, 0.29) is 23.9 Å². The van der Waals surface area contributed by atoms with Crippen molar-refractivity contribution in [1.29, 1.82) is 0 Å². The number of amides is 1. The second-order valence-corrected chi connectivity index (χ2v) is 7.75. The molecule has 1 saturated carbocycles. The maximum Gasteiger partial charge on any atom is 0.233 e. The van der Waals surface area contributed by atoms with E-state index in [4.69, 9.17) is 17.3 Å². The quantitative estimate of drug-likeness (QED) is 0.867. The van der Waals surface area contributed by atoms with Gasteiger partial charge in [0.2, 0.25) is 5.91 Å². The topological polar surface area (TPSA) is 46.3 Å². The van der Waals surface area contributed by atoms with E-state index in [2.05, 4.69) is 11.8 Å². The highest BCUT2D eigenvalue weighted by Gasteiger charge is 2.45. The normalized spacial score (nSPS) is 24.3. The van der Waals surface area contributed by atoms with Crippen LogP contribution in [0, 0.1) is 5.92 Å². The Morgan fingerprint density at radius 3 is 2.46 bits per heavy atom. The summed E-state index contributed by atoms with van der Waals surface area (Å²) in [5.41, 5.74) is 6.88. The van der Waals surface area contributed by atoms with E-state index in [0.29, 0.717) is 11.8 Å². The van der Waals surface area contributed by atoms with Crippen LogP contribution in [0.2, 0.25) is 5.02 Å². The van der Waals surface area contributed by atoms with Crippen molar-refractivity contribution >= 4 is 29.9 Å². The molecule has 24 heavy (non-hydrogen) atoms. The van der Waals surface area contributed by atoms with E-state index in [0.717, 1.165) is 62.2 Å². The fourth-order valence-electron chi connectivity index (χ4n) is 4.30. The van der Waals surface area contributed by atoms with Gasteiger partial charge in [-0.25, -0.2) is 0 Å². The van der Waals surface area contributed by atoms with Crippen molar-refractivity contribution in [3.63, 3.8) is 0 Å². The van der Waals surface area contributed by atoms with Gasteiger partial charge >= 0.3 is 0 Å². The van der Waals surface area contributed by atoms with Crippen LogP contribution >= 0.6 is 24.0 Å². The zero-order valence-electron chi connectivity index (χ0n) is 14.3. The van der Waals surface area contributed by atoms with Crippen molar-refractivity contribution in [1.82, 2.24) is 4.90 Å². The number of carbonyl (C=O) groups is 1. The van der Waals surface area contributed by atoms with Gasteiger partial charge in [0.1, 0.15) is 0 Å². The maximum atomic E-state index is 13.4. The maximum absolute atomic E-state index is 13.4. The average molecular weight is 371 g/mol. The lowest BCUT2D eigenvalue weighted by molar-refractivity contribution is -0.139. The van der Waals surface area contributed by atoms with Gasteiger partial charge < -0.3 is 10.6 Å². The lowest BCUT2D eigenvalue weighted by atomic mass is 9.76. The molecule has 2 aliphatic rings. The summed E-state index contributed by atoms with van der Waals surface area (Å²) in [6.07, 6.45) is 6.35. The van der Waals surface area contributed by atoms with Gasteiger partial charge in [0.25, 0.3) is 0 Å². The molecule has 2 unspecified atom stereocenters. The van der Waals surface area contributed by atoms with E-state index in [1.165, 1.54) is 0 Å². The number of carbonyl (C=O) groups excluding carboxylic acids is 1. The van der Waals surface area contributed by atoms with Gasteiger partial charge in [0, 0.05) is 24.2 Å². The van der Waals surface area contributed by atoms with Gasteiger partial charge in [-0.15, -0.1) is 12.4 Å². The SMILES string of the molecule is CC(N)C1CCCN(C(=O)C2(c3ccc(Cl)cc3)CCCC2)C1.Cl. The molecule has 2 N–H and O–H groups in total. The molecule has 0 spiro atoms. The lowest BCUT2D eigenvalue weighted by Crippen LogP contribution is -2.51. The number of nitrogens with zero attached hydrogens (tertiary/aromatic N) is 1. The lowest BCUT2D eigenvalue weighted by Gasteiger charge is -2.40. The molecule has 3 rings (SSSR count). The van der Waals surface area contributed by atoms with E-state index in [1.54, 1.807) is 0 Å². The summed E-state index contributed by atoms with van der Waals surface area (Å²) < 4.78 is 0. The van der Waals surface area contributed by atoms with Crippen LogP contribution in [-0.4, -0.2) is 29.9 Å². The molecule has 0 aromatic heterocycles. The highest BCUT2D eigenvalue weighted by molar-refractivity contribution is 6.30. The second kappa shape index (κ2) is 8.07. The Balaban J connectivity index is 0.00000208. The summed E-state index contributed by atoms with van der Waals surface area (Å²) in [7, 11) is 0. The Morgan fingerprint density at radius 2 is 1.88 bits per heavy atom. The minimum absolute atomic E-state index is 0. The second-order valence-electron chi connectivity index (χ2n) is 7.31. The molecule has 1 saturated heterocycles. The van der Waals surface area contributed by atoms with Crippen molar-refractivity contribution in [2.24, 2.45) is 11.7 Å². The monoisotopic (exact) mass is 370 g/mol. The first-order valence-corrected chi connectivity index (χ1v) is 9.22. The van der Waals surface area contributed by atoms with E-state index in [9.17, 15) is 4.79 Å². The first-order chi connectivity index (χ1) is 11.0. The van der Waals surface area contributed by atoms with Crippen LogP contribution in [0.5, 0.6) is 0 Å². The van der Waals surface area contributed by atoms with Gasteiger partial charge in [-0.3, -0.25) is 4.79 Å². The molecule has 1 aromatic rings. The summed E-state index contributed by atoms with van der Waals surface area (Å²) in [6.45, 7) is 3.74. The summed E-state index contributed by atoms with van der Waals surface area (Å²) in [4.78, 5) is 15.5. The third-order valence-corrected chi connectivity index (χ3v) is 6.00. The Hall–Kier alpha value is -0.770. The molecule has 0 bridgehead atoms. The number of piperidine rings is 1. The Bertz CT molecular complexity index is 553. The molecule has 1 aliphatic carbocycles. The van der Waals surface area contributed by atoms with Gasteiger partial charge in [-0.2, -0.15) is 0 Å². The molecule has 3 nitrogen and oxygen atoms in total. The summed E-state index contributed by atoms with van der Waals surface area (Å²) >= 11 is 6.04. The van der Waals surface area contributed by atoms with E-state index >= 15 is 0 Å². The molecule has 1 aliphatic heterocycles. The highest BCUT2D eigenvalue weighted by atomic mass is 35.5. The molecule has 5 heteroatoms. The van der Waals surface area contributed by atoms with Crippen LogP contribution in [0.25, 0.3) is 0 Å². The number of rotatable bonds is 3. The molecule has 134 valence electrons. The molecular weight excluding hydrogens is 343 g/mol. The van der Waals surface area contributed by atoms with Crippen LogP contribution in [0.4, 0.5) is 0 Å². The van der Waals surface area contributed by atoms with Crippen LogP contribution in [0.1, 0.15) is 51.0 Å². The summed E-state index contributed by atoms with van der Waals surface area (Å²) in [5, 5.41) is 0.726. The van der Waals surface area contributed by atoms with E-state index < -0.39 is 0 Å². The predicted molar refractivity (Wildman–Crippen MR) is 102 cm³/mol. The van der Waals surface area contributed by atoms with Gasteiger partial charge in [-0.1, -0.05) is 36.6 Å². The smallest absolute Gasteiger partial charge is 0.233 e. The van der Waals surface area contributed by atoms with E-state index in [1.807, 2.05) is 24.3 Å². The molecule has 1 aromatic carbocycles. The van der Waals surface area contributed by atoms with Crippen molar-refractivity contribution < 1.29 is 4.79 Å². The number of likely N-dealkylation sites (tertiary alicyclic amines) is 1. The molecule has 1 heterocycles. The van der Waals surface area contributed by atoms with Crippen molar-refractivity contribution in [2.45, 2.75) is 56.9 Å². The van der Waals surface area contributed by atoms with Crippen molar-refractivity contribution in [3.8, 4) is 0 Å². The number of hydrogen-bond acceptors (Lipinski definition) is 2. The Kier molecular flexibility index (Phi) is 6.58. The number of hydrogen-bond donors (Lipinski definition) is 1. The molecule has 0 radical (unpaired) electrons. The van der Waals surface area contributed by atoms with Crippen LogP contribution < -0.4 is 5.73 Å².